The molecule has 0 saturated carbocycles. The Morgan fingerprint density at radius 3 is 2.90 bits per heavy atom. The van der Waals surface area contributed by atoms with Gasteiger partial charge < -0.3 is 5.73 Å². The van der Waals surface area contributed by atoms with Crippen LogP contribution >= 0.6 is 11.8 Å². The van der Waals surface area contributed by atoms with Crippen LogP contribution in [0.1, 0.15) is 18.2 Å². The van der Waals surface area contributed by atoms with Crippen LogP contribution < -0.4 is 10.6 Å². The normalized spacial score (nSPS) is 19.0. The summed E-state index contributed by atoms with van der Waals surface area (Å²) in [5.74, 6) is -0.139. The molecular formula is C13H14FN5S. The summed E-state index contributed by atoms with van der Waals surface area (Å²) in [5, 5.41) is 6.71. The summed E-state index contributed by atoms with van der Waals surface area (Å²) in [7, 11) is 0. The number of pyridine rings is 1. The lowest BCUT2D eigenvalue weighted by atomic mass is 10.2. The van der Waals surface area contributed by atoms with Crippen molar-refractivity contribution in [1.29, 1.82) is 0 Å². The number of nitrogens with one attached hydrogen (secondary N) is 1. The molecule has 0 fully saturated rings. The van der Waals surface area contributed by atoms with Gasteiger partial charge in [0.2, 0.25) is 0 Å². The number of anilines is 1. The van der Waals surface area contributed by atoms with Gasteiger partial charge >= 0.3 is 0 Å². The Morgan fingerprint density at radius 2 is 2.20 bits per heavy atom. The summed E-state index contributed by atoms with van der Waals surface area (Å²) in [6, 6.07) is 3.05. The minimum absolute atomic E-state index is 0.248. The first-order valence-corrected chi connectivity index (χ1v) is 7.00. The van der Waals surface area contributed by atoms with Crippen LogP contribution in [0.15, 0.2) is 29.4 Å². The molecule has 3 heterocycles. The molecule has 104 valence electrons. The number of aromatic nitrogens is 3. The summed E-state index contributed by atoms with van der Waals surface area (Å²) in [4.78, 5) is 7.02. The number of aromatic amines is 1. The standard InChI is InChI=1S/C13H14FN5S/c1-7-3-4-10(14)12(18-7)19-11(8(2)20-13(19)15)9-5-16-17-6-9/h3-6,13H,15H2,1-2H3,(H,16,17). The summed E-state index contributed by atoms with van der Waals surface area (Å²) in [6.07, 6.45) is 3.45. The number of allylic oxidation sites excluding steroid dienone is 1. The highest BCUT2D eigenvalue weighted by molar-refractivity contribution is 8.04. The molecule has 0 saturated heterocycles. The first-order chi connectivity index (χ1) is 9.58. The van der Waals surface area contributed by atoms with Gasteiger partial charge in [-0.05, 0) is 26.0 Å². The highest BCUT2D eigenvalue weighted by Crippen LogP contribution is 2.43. The van der Waals surface area contributed by atoms with Gasteiger partial charge in [-0.3, -0.25) is 10.00 Å². The number of hydrogen-bond acceptors (Lipinski definition) is 5. The second-order valence-electron chi connectivity index (χ2n) is 4.53. The number of hydrogen-bond donors (Lipinski definition) is 2. The van der Waals surface area contributed by atoms with Gasteiger partial charge in [-0.15, -0.1) is 0 Å². The SMILES string of the molecule is CC1=C(c2cn[nH]c2)N(c2nc(C)ccc2F)C(N)S1. The number of H-pyrrole nitrogens is 1. The van der Waals surface area contributed by atoms with E-state index in [0.29, 0.717) is 0 Å². The lowest BCUT2D eigenvalue weighted by Gasteiger charge is -2.25. The van der Waals surface area contributed by atoms with Crippen LogP contribution in [-0.2, 0) is 0 Å². The lowest BCUT2D eigenvalue weighted by molar-refractivity contribution is 0.616. The molecule has 0 spiro atoms. The highest BCUT2D eigenvalue weighted by atomic mass is 32.2. The number of halogens is 1. The molecule has 0 aromatic carbocycles. The van der Waals surface area contributed by atoms with E-state index in [4.69, 9.17) is 5.73 Å². The van der Waals surface area contributed by atoms with E-state index in [1.807, 2.05) is 13.8 Å². The number of nitrogens with two attached hydrogens (primary N) is 1. The molecule has 2 aromatic heterocycles. The number of aryl methyl sites for hydroxylation is 1. The Balaban J connectivity index is 2.13. The molecule has 5 nitrogen and oxygen atoms in total. The average Bonchev–Trinajstić information content (AvgIpc) is 3.00. The van der Waals surface area contributed by atoms with Crippen molar-refractivity contribution in [2.24, 2.45) is 5.73 Å². The Morgan fingerprint density at radius 1 is 1.40 bits per heavy atom. The fourth-order valence-corrected chi connectivity index (χ4v) is 3.23. The van der Waals surface area contributed by atoms with Crippen molar-refractivity contribution in [2.75, 3.05) is 4.90 Å². The molecule has 0 aliphatic carbocycles. The molecular weight excluding hydrogens is 277 g/mol. The molecule has 1 aliphatic rings. The zero-order valence-corrected chi connectivity index (χ0v) is 11.9. The van der Waals surface area contributed by atoms with Gasteiger partial charge in [-0.2, -0.15) is 5.10 Å². The summed E-state index contributed by atoms with van der Waals surface area (Å²) >= 11 is 1.48. The largest absolute Gasteiger partial charge is 0.302 e. The van der Waals surface area contributed by atoms with E-state index >= 15 is 0 Å². The van der Waals surface area contributed by atoms with Crippen molar-refractivity contribution in [3.63, 3.8) is 0 Å². The highest BCUT2D eigenvalue weighted by Gasteiger charge is 2.33. The van der Waals surface area contributed by atoms with Gasteiger partial charge in [0.05, 0.1) is 11.9 Å². The smallest absolute Gasteiger partial charge is 0.171 e. The molecule has 1 unspecified atom stereocenters. The monoisotopic (exact) mass is 291 g/mol. The van der Waals surface area contributed by atoms with Gasteiger partial charge in [-0.1, -0.05) is 11.8 Å². The van der Waals surface area contributed by atoms with Gasteiger partial charge in [-0.25, -0.2) is 9.37 Å². The number of rotatable bonds is 2. The third-order valence-electron chi connectivity index (χ3n) is 3.09. The first-order valence-electron chi connectivity index (χ1n) is 6.12. The zero-order chi connectivity index (χ0) is 14.3. The molecule has 3 rings (SSSR count). The summed E-state index contributed by atoms with van der Waals surface area (Å²) in [6.45, 7) is 3.78. The van der Waals surface area contributed by atoms with Crippen LogP contribution in [0, 0.1) is 12.7 Å². The van der Waals surface area contributed by atoms with Crippen LogP contribution in [0.3, 0.4) is 0 Å². The van der Waals surface area contributed by atoms with E-state index in [0.717, 1.165) is 21.9 Å². The van der Waals surface area contributed by atoms with E-state index < -0.39 is 5.50 Å². The number of thioether (sulfide) groups is 1. The molecule has 0 bridgehead atoms. The summed E-state index contributed by atoms with van der Waals surface area (Å²) in [5.41, 5.74) is 8.18. The van der Waals surface area contributed by atoms with Crippen LogP contribution in [0.2, 0.25) is 0 Å². The van der Waals surface area contributed by atoms with E-state index in [2.05, 4.69) is 15.2 Å². The maximum absolute atomic E-state index is 14.1. The Kier molecular flexibility index (Phi) is 3.23. The molecule has 3 N–H and O–H groups in total. The molecule has 0 radical (unpaired) electrons. The number of nitrogens with zero attached hydrogens (tertiary/aromatic N) is 3. The summed E-state index contributed by atoms with van der Waals surface area (Å²) < 4.78 is 14.1. The topological polar surface area (TPSA) is 70.8 Å². The second-order valence-corrected chi connectivity index (χ2v) is 5.86. The minimum Gasteiger partial charge on any atom is -0.302 e. The third kappa shape index (κ3) is 2.08. The Hall–Kier alpha value is -1.86. The van der Waals surface area contributed by atoms with E-state index in [-0.39, 0.29) is 11.6 Å². The van der Waals surface area contributed by atoms with Crippen molar-refractivity contribution in [3.8, 4) is 0 Å². The lowest BCUT2D eigenvalue weighted by Crippen LogP contribution is -2.36. The van der Waals surface area contributed by atoms with Crippen LogP contribution in [0.4, 0.5) is 10.2 Å². The van der Waals surface area contributed by atoms with E-state index in [9.17, 15) is 4.39 Å². The molecule has 1 atom stereocenters. The quantitative estimate of drug-likeness (QED) is 0.889. The average molecular weight is 291 g/mol. The molecule has 2 aromatic rings. The van der Waals surface area contributed by atoms with Crippen LogP contribution in [0.5, 0.6) is 0 Å². The van der Waals surface area contributed by atoms with Crippen molar-refractivity contribution in [1.82, 2.24) is 15.2 Å². The fourth-order valence-electron chi connectivity index (χ4n) is 2.23. The fraction of sp³-hybridized carbons (Fsp3) is 0.231. The van der Waals surface area contributed by atoms with Crippen LogP contribution in [0.25, 0.3) is 5.70 Å². The van der Waals surface area contributed by atoms with Gasteiger partial charge in [0.15, 0.2) is 11.6 Å². The van der Waals surface area contributed by atoms with Crippen molar-refractivity contribution in [2.45, 2.75) is 19.3 Å². The second kappa shape index (κ2) is 4.92. The molecule has 0 amide bonds. The predicted octanol–water partition coefficient (Wildman–Crippen LogP) is 2.44. The van der Waals surface area contributed by atoms with Crippen molar-refractivity contribution >= 4 is 23.3 Å². The van der Waals surface area contributed by atoms with Crippen molar-refractivity contribution < 1.29 is 4.39 Å². The molecule has 20 heavy (non-hydrogen) atoms. The minimum atomic E-state index is -0.399. The molecule has 7 heteroatoms. The van der Waals surface area contributed by atoms with E-state index in [1.165, 1.54) is 17.8 Å². The third-order valence-corrected chi connectivity index (χ3v) is 4.09. The molecule has 1 aliphatic heterocycles. The maximum Gasteiger partial charge on any atom is 0.171 e. The Bertz CT molecular complexity index is 667. The predicted molar refractivity (Wildman–Crippen MR) is 78.2 cm³/mol. The maximum atomic E-state index is 14.1. The van der Waals surface area contributed by atoms with Crippen molar-refractivity contribution in [3.05, 3.63) is 46.5 Å². The Labute approximate surface area is 120 Å². The zero-order valence-electron chi connectivity index (χ0n) is 11.1. The van der Waals surface area contributed by atoms with Crippen LogP contribution in [-0.4, -0.2) is 20.7 Å². The van der Waals surface area contributed by atoms with Gasteiger partial charge in [0.1, 0.15) is 5.50 Å². The van der Waals surface area contributed by atoms with Gasteiger partial charge in [0, 0.05) is 22.4 Å². The first kappa shape index (κ1) is 13.1. The van der Waals surface area contributed by atoms with Gasteiger partial charge in [0.25, 0.3) is 0 Å². The van der Waals surface area contributed by atoms with E-state index in [1.54, 1.807) is 23.4 Å².